The molecule has 5 nitrogen and oxygen atoms in total. The van der Waals surface area contributed by atoms with Crippen LogP contribution in [0.25, 0.3) is 0 Å². The van der Waals surface area contributed by atoms with Gasteiger partial charge in [-0.15, -0.1) is 0 Å². The zero-order chi connectivity index (χ0) is 14.5. The second kappa shape index (κ2) is 6.52. The molecule has 0 radical (unpaired) electrons. The van der Waals surface area contributed by atoms with Crippen LogP contribution < -0.4 is 0 Å². The molecule has 1 aromatic rings. The van der Waals surface area contributed by atoms with Crippen LogP contribution in [0.2, 0.25) is 0 Å². The Hall–Kier alpha value is -1.88. The first-order valence-electron chi connectivity index (χ1n) is 6.74. The Labute approximate surface area is 118 Å². The molecule has 20 heavy (non-hydrogen) atoms. The van der Waals surface area contributed by atoms with E-state index in [1.54, 1.807) is 6.92 Å². The summed E-state index contributed by atoms with van der Waals surface area (Å²) >= 11 is 0. The van der Waals surface area contributed by atoms with Gasteiger partial charge in [0.05, 0.1) is 12.5 Å². The van der Waals surface area contributed by atoms with E-state index in [0.717, 1.165) is 5.56 Å². The van der Waals surface area contributed by atoms with Gasteiger partial charge in [-0.1, -0.05) is 30.3 Å². The molecule has 0 aromatic heterocycles. The molecule has 108 valence electrons. The van der Waals surface area contributed by atoms with Gasteiger partial charge in [-0.3, -0.25) is 4.79 Å². The van der Waals surface area contributed by atoms with Crippen LogP contribution in [0.3, 0.4) is 0 Å². The Morgan fingerprint density at radius 1 is 1.40 bits per heavy atom. The van der Waals surface area contributed by atoms with E-state index in [9.17, 15) is 14.7 Å². The van der Waals surface area contributed by atoms with Crippen molar-refractivity contribution >= 4 is 11.9 Å². The predicted molar refractivity (Wildman–Crippen MR) is 73.0 cm³/mol. The highest BCUT2D eigenvalue weighted by atomic mass is 16.5. The number of hydrogen-bond acceptors (Lipinski definition) is 3. The van der Waals surface area contributed by atoms with Gasteiger partial charge in [0.15, 0.2) is 0 Å². The van der Waals surface area contributed by atoms with Gasteiger partial charge in [-0.05, 0) is 18.9 Å². The van der Waals surface area contributed by atoms with Crippen LogP contribution in [0.4, 0.5) is 0 Å². The smallest absolute Gasteiger partial charge is 0.326 e. The zero-order valence-corrected chi connectivity index (χ0v) is 11.5. The number of hydrogen-bond donors (Lipinski definition) is 1. The van der Waals surface area contributed by atoms with E-state index in [-0.39, 0.29) is 11.8 Å². The van der Waals surface area contributed by atoms with Crippen molar-refractivity contribution in [2.24, 2.45) is 5.92 Å². The van der Waals surface area contributed by atoms with Gasteiger partial charge in [0.25, 0.3) is 0 Å². The van der Waals surface area contributed by atoms with Crippen LogP contribution in [-0.2, 0) is 20.9 Å². The summed E-state index contributed by atoms with van der Waals surface area (Å²) in [6.07, 6.45) is 0.663. The molecule has 5 heteroatoms. The molecule has 1 aliphatic heterocycles. The number of ether oxygens (including phenoxy) is 1. The molecule has 0 bridgehead atoms. The fraction of sp³-hybridized carbons (Fsp3) is 0.467. The standard InChI is InChI=1S/C15H19NO4/c1-11(15(18)19)16(9-12-5-3-2-4-6-12)14(17)13-7-8-20-10-13/h2-6,11,13H,7-10H2,1H3,(H,18,19). The lowest BCUT2D eigenvalue weighted by Crippen LogP contribution is -2.45. The Bertz CT molecular complexity index is 468. The van der Waals surface area contributed by atoms with Crippen LogP contribution >= 0.6 is 0 Å². The summed E-state index contributed by atoms with van der Waals surface area (Å²) in [4.78, 5) is 25.1. The minimum absolute atomic E-state index is 0.138. The molecule has 1 aliphatic rings. The van der Waals surface area contributed by atoms with Crippen LogP contribution in [0, 0.1) is 5.92 Å². The maximum absolute atomic E-state index is 12.5. The van der Waals surface area contributed by atoms with Gasteiger partial charge in [0, 0.05) is 13.2 Å². The molecule has 1 aromatic carbocycles. The molecule has 0 aliphatic carbocycles. The topological polar surface area (TPSA) is 66.8 Å². The van der Waals surface area contributed by atoms with Gasteiger partial charge in [0.1, 0.15) is 6.04 Å². The largest absolute Gasteiger partial charge is 0.480 e. The van der Waals surface area contributed by atoms with Crippen molar-refractivity contribution in [3.05, 3.63) is 35.9 Å². The molecule has 1 amide bonds. The van der Waals surface area contributed by atoms with Crippen molar-refractivity contribution in [1.82, 2.24) is 4.90 Å². The molecule has 1 heterocycles. The lowest BCUT2D eigenvalue weighted by atomic mass is 10.1. The first kappa shape index (κ1) is 14.5. The first-order chi connectivity index (χ1) is 9.59. The molecule has 2 rings (SSSR count). The van der Waals surface area contributed by atoms with Gasteiger partial charge < -0.3 is 14.7 Å². The minimum Gasteiger partial charge on any atom is -0.480 e. The Morgan fingerprint density at radius 2 is 2.10 bits per heavy atom. The van der Waals surface area contributed by atoms with E-state index in [4.69, 9.17) is 4.74 Å². The first-order valence-corrected chi connectivity index (χ1v) is 6.74. The lowest BCUT2D eigenvalue weighted by Gasteiger charge is -2.28. The zero-order valence-electron chi connectivity index (χ0n) is 11.5. The van der Waals surface area contributed by atoms with Crippen molar-refractivity contribution in [3.63, 3.8) is 0 Å². The molecule has 2 atom stereocenters. The highest BCUT2D eigenvalue weighted by Gasteiger charge is 2.33. The summed E-state index contributed by atoms with van der Waals surface area (Å²) in [5, 5.41) is 9.20. The maximum atomic E-state index is 12.5. The fourth-order valence-electron chi connectivity index (χ4n) is 2.28. The van der Waals surface area contributed by atoms with Crippen molar-refractivity contribution in [1.29, 1.82) is 0 Å². The quantitative estimate of drug-likeness (QED) is 0.886. The summed E-state index contributed by atoms with van der Waals surface area (Å²) in [6.45, 7) is 2.80. The normalized spacial score (nSPS) is 19.6. The number of carbonyl (C=O) groups excluding carboxylic acids is 1. The highest BCUT2D eigenvalue weighted by molar-refractivity contribution is 5.85. The average Bonchev–Trinajstić information content (AvgIpc) is 2.98. The number of nitrogens with zero attached hydrogens (tertiary/aromatic N) is 1. The van der Waals surface area contributed by atoms with Gasteiger partial charge in [-0.25, -0.2) is 4.79 Å². The molecular formula is C15H19NO4. The van der Waals surface area contributed by atoms with Crippen molar-refractivity contribution in [2.45, 2.75) is 25.9 Å². The summed E-state index contributed by atoms with van der Waals surface area (Å²) in [5.74, 6) is -1.35. The number of aliphatic carboxylic acids is 1. The molecule has 0 saturated carbocycles. The van der Waals surface area contributed by atoms with E-state index in [1.807, 2.05) is 30.3 Å². The summed E-state index contributed by atoms with van der Waals surface area (Å²) in [5.41, 5.74) is 0.924. The van der Waals surface area contributed by atoms with Crippen molar-refractivity contribution in [2.75, 3.05) is 13.2 Å². The molecule has 1 fully saturated rings. The van der Waals surface area contributed by atoms with Gasteiger partial charge in [0.2, 0.25) is 5.91 Å². The third-order valence-electron chi connectivity index (χ3n) is 3.58. The number of carboxylic acid groups (broad SMARTS) is 1. The minimum atomic E-state index is -0.992. The second-order valence-corrected chi connectivity index (χ2v) is 5.03. The number of rotatable bonds is 5. The highest BCUT2D eigenvalue weighted by Crippen LogP contribution is 2.19. The summed E-state index contributed by atoms with van der Waals surface area (Å²) in [6, 6.07) is 8.58. The number of carbonyl (C=O) groups is 2. The number of amides is 1. The van der Waals surface area contributed by atoms with Gasteiger partial charge >= 0.3 is 5.97 Å². The number of carboxylic acids is 1. The van der Waals surface area contributed by atoms with Crippen molar-refractivity contribution < 1.29 is 19.4 Å². The third kappa shape index (κ3) is 3.36. The van der Waals surface area contributed by atoms with Gasteiger partial charge in [-0.2, -0.15) is 0 Å². The SMILES string of the molecule is CC(C(=O)O)N(Cc1ccccc1)C(=O)C1CCOC1. The van der Waals surface area contributed by atoms with Crippen LogP contribution in [-0.4, -0.2) is 41.1 Å². The predicted octanol–water partition coefficient (Wildman–Crippen LogP) is 1.52. The Kier molecular flexibility index (Phi) is 4.74. The van der Waals surface area contributed by atoms with Crippen LogP contribution in [0.5, 0.6) is 0 Å². The van der Waals surface area contributed by atoms with E-state index in [0.29, 0.717) is 26.2 Å². The van der Waals surface area contributed by atoms with Crippen LogP contribution in [0.15, 0.2) is 30.3 Å². The lowest BCUT2D eigenvalue weighted by molar-refractivity contribution is -0.151. The summed E-state index contributed by atoms with van der Waals surface area (Å²) in [7, 11) is 0. The molecular weight excluding hydrogens is 258 g/mol. The summed E-state index contributed by atoms with van der Waals surface area (Å²) < 4.78 is 5.22. The molecule has 1 N–H and O–H groups in total. The fourth-order valence-corrected chi connectivity index (χ4v) is 2.28. The second-order valence-electron chi connectivity index (χ2n) is 5.03. The van der Waals surface area contributed by atoms with E-state index >= 15 is 0 Å². The molecule has 1 saturated heterocycles. The Morgan fingerprint density at radius 3 is 2.65 bits per heavy atom. The van der Waals surface area contributed by atoms with E-state index in [1.165, 1.54) is 4.90 Å². The Balaban J connectivity index is 2.15. The van der Waals surface area contributed by atoms with Crippen molar-refractivity contribution in [3.8, 4) is 0 Å². The average molecular weight is 277 g/mol. The monoisotopic (exact) mass is 277 g/mol. The molecule has 0 spiro atoms. The van der Waals surface area contributed by atoms with Crippen LogP contribution in [0.1, 0.15) is 18.9 Å². The van der Waals surface area contributed by atoms with E-state index in [2.05, 4.69) is 0 Å². The maximum Gasteiger partial charge on any atom is 0.326 e. The number of benzene rings is 1. The third-order valence-corrected chi connectivity index (χ3v) is 3.58. The van der Waals surface area contributed by atoms with E-state index < -0.39 is 12.0 Å². The molecule has 2 unspecified atom stereocenters.